The van der Waals surface area contributed by atoms with E-state index in [0.717, 1.165) is 25.7 Å². The molecule has 0 radical (unpaired) electrons. The van der Waals surface area contributed by atoms with Gasteiger partial charge in [0.15, 0.2) is 0 Å². The number of carbonyl (C=O) groups is 1. The molecule has 6 heteroatoms. The minimum atomic E-state index is -1.46. The van der Waals surface area contributed by atoms with Crippen LogP contribution in [0.3, 0.4) is 0 Å². The first kappa shape index (κ1) is 15.3. The van der Waals surface area contributed by atoms with Gasteiger partial charge in [-0.15, -0.1) is 0 Å². The zero-order valence-corrected chi connectivity index (χ0v) is 12.8. The van der Waals surface area contributed by atoms with Gasteiger partial charge in [-0.2, -0.15) is 0 Å². The second kappa shape index (κ2) is 7.09. The van der Waals surface area contributed by atoms with Crippen molar-refractivity contribution in [3.05, 3.63) is 23.2 Å². The molecule has 1 atom stereocenters. The highest BCUT2D eigenvalue weighted by atomic mass is 35.5. The standard InChI is InChI=1S/C14H19ClN2O2S/c15-12-7-6-10(16)8-13(12)20(19)9-14(18)17-11-4-2-1-3-5-11/h6-8,11H,1-5,9,16H2,(H,17,18). The summed E-state index contributed by atoms with van der Waals surface area (Å²) in [6, 6.07) is 5.03. The summed E-state index contributed by atoms with van der Waals surface area (Å²) in [4.78, 5) is 12.3. The van der Waals surface area contributed by atoms with Gasteiger partial charge < -0.3 is 11.1 Å². The van der Waals surface area contributed by atoms with Crippen molar-refractivity contribution in [1.82, 2.24) is 5.32 Å². The topological polar surface area (TPSA) is 72.2 Å². The van der Waals surface area contributed by atoms with Crippen molar-refractivity contribution in [3.8, 4) is 0 Å². The zero-order valence-electron chi connectivity index (χ0n) is 11.2. The van der Waals surface area contributed by atoms with Gasteiger partial charge in [0, 0.05) is 11.7 Å². The lowest BCUT2D eigenvalue weighted by atomic mass is 9.95. The summed E-state index contributed by atoms with van der Waals surface area (Å²) in [6.45, 7) is 0. The molecule has 20 heavy (non-hydrogen) atoms. The summed E-state index contributed by atoms with van der Waals surface area (Å²) in [7, 11) is -1.46. The molecule has 2 rings (SSSR count). The van der Waals surface area contributed by atoms with E-state index in [0.29, 0.717) is 15.6 Å². The van der Waals surface area contributed by atoms with Crippen LogP contribution in [-0.2, 0) is 15.6 Å². The first-order chi connectivity index (χ1) is 9.56. The Balaban J connectivity index is 1.93. The van der Waals surface area contributed by atoms with Gasteiger partial charge in [0.25, 0.3) is 0 Å². The molecule has 0 heterocycles. The molecule has 1 aromatic carbocycles. The first-order valence-corrected chi connectivity index (χ1v) is 8.48. The lowest BCUT2D eigenvalue weighted by Crippen LogP contribution is -2.38. The summed E-state index contributed by atoms with van der Waals surface area (Å²) in [5.41, 5.74) is 6.14. The fourth-order valence-electron chi connectivity index (χ4n) is 2.41. The smallest absolute Gasteiger partial charge is 0.233 e. The highest BCUT2D eigenvalue weighted by molar-refractivity contribution is 7.85. The molecule has 110 valence electrons. The number of nitrogens with one attached hydrogen (secondary N) is 1. The van der Waals surface area contributed by atoms with E-state index in [1.54, 1.807) is 18.2 Å². The van der Waals surface area contributed by atoms with Crippen LogP contribution in [0.25, 0.3) is 0 Å². The Morgan fingerprint density at radius 1 is 1.35 bits per heavy atom. The number of carbonyl (C=O) groups excluding carboxylic acids is 1. The molecule has 0 spiro atoms. The van der Waals surface area contributed by atoms with Crippen LogP contribution in [0.15, 0.2) is 23.1 Å². The van der Waals surface area contributed by atoms with Crippen molar-refractivity contribution >= 4 is 34.0 Å². The van der Waals surface area contributed by atoms with E-state index in [2.05, 4.69) is 5.32 Å². The fourth-order valence-corrected chi connectivity index (χ4v) is 3.81. The van der Waals surface area contributed by atoms with E-state index in [4.69, 9.17) is 17.3 Å². The third-order valence-corrected chi connectivity index (χ3v) is 5.23. The van der Waals surface area contributed by atoms with Gasteiger partial charge in [-0.25, -0.2) is 0 Å². The Morgan fingerprint density at radius 2 is 2.05 bits per heavy atom. The molecule has 0 aliphatic heterocycles. The largest absolute Gasteiger partial charge is 0.399 e. The number of anilines is 1. The van der Waals surface area contributed by atoms with Gasteiger partial charge in [-0.05, 0) is 31.0 Å². The van der Waals surface area contributed by atoms with E-state index in [1.165, 1.54) is 6.42 Å². The molecular formula is C14H19ClN2O2S. The summed E-state index contributed by atoms with van der Waals surface area (Å²) < 4.78 is 12.2. The molecule has 1 aliphatic carbocycles. The SMILES string of the molecule is Nc1ccc(Cl)c(S(=O)CC(=O)NC2CCCCC2)c1. The Bertz CT molecular complexity index is 516. The van der Waals surface area contributed by atoms with Crippen molar-refractivity contribution in [2.75, 3.05) is 11.5 Å². The molecule has 0 aromatic heterocycles. The van der Waals surface area contributed by atoms with Gasteiger partial charge >= 0.3 is 0 Å². The highest BCUT2D eigenvalue weighted by Gasteiger charge is 2.18. The number of hydrogen-bond acceptors (Lipinski definition) is 3. The Labute approximate surface area is 126 Å². The Kier molecular flexibility index (Phi) is 5.43. The van der Waals surface area contributed by atoms with Gasteiger partial charge in [0.2, 0.25) is 5.91 Å². The Hall–Kier alpha value is -1.07. The minimum absolute atomic E-state index is 0.0698. The maximum absolute atomic E-state index is 12.2. The summed E-state index contributed by atoms with van der Waals surface area (Å²) in [5.74, 6) is -0.256. The molecule has 4 nitrogen and oxygen atoms in total. The van der Waals surface area contributed by atoms with Crippen LogP contribution in [0.1, 0.15) is 32.1 Å². The quantitative estimate of drug-likeness (QED) is 0.839. The van der Waals surface area contributed by atoms with Gasteiger partial charge in [-0.1, -0.05) is 30.9 Å². The minimum Gasteiger partial charge on any atom is -0.399 e. The second-order valence-electron chi connectivity index (χ2n) is 5.08. The molecule has 3 N–H and O–H groups in total. The number of nitrogens with two attached hydrogens (primary N) is 1. The summed E-state index contributed by atoms with van der Waals surface area (Å²) >= 11 is 5.99. The molecule has 0 bridgehead atoms. The second-order valence-corrected chi connectivity index (χ2v) is 6.91. The monoisotopic (exact) mass is 314 g/mol. The van der Waals surface area contributed by atoms with Crippen molar-refractivity contribution in [3.63, 3.8) is 0 Å². The highest BCUT2D eigenvalue weighted by Crippen LogP contribution is 2.22. The average Bonchev–Trinajstić information content (AvgIpc) is 2.42. The maximum atomic E-state index is 12.2. The normalized spacial score (nSPS) is 17.6. The van der Waals surface area contributed by atoms with Crippen LogP contribution >= 0.6 is 11.6 Å². The molecule has 1 aromatic rings. The van der Waals surface area contributed by atoms with Crippen LogP contribution in [0.4, 0.5) is 5.69 Å². The van der Waals surface area contributed by atoms with Crippen LogP contribution in [-0.4, -0.2) is 21.9 Å². The number of halogens is 1. The van der Waals surface area contributed by atoms with Crippen LogP contribution in [0, 0.1) is 0 Å². The third-order valence-electron chi connectivity index (χ3n) is 3.43. The number of amides is 1. The number of rotatable bonds is 4. The van der Waals surface area contributed by atoms with E-state index >= 15 is 0 Å². The molecule has 1 saturated carbocycles. The molecule has 0 saturated heterocycles. The van der Waals surface area contributed by atoms with Crippen LogP contribution in [0.2, 0.25) is 5.02 Å². The van der Waals surface area contributed by atoms with Gasteiger partial charge in [-0.3, -0.25) is 9.00 Å². The predicted octanol–water partition coefficient (Wildman–Crippen LogP) is 2.48. The maximum Gasteiger partial charge on any atom is 0.233 e. The first-order valence-electron chi connectivity index (χ1n) is 6.79. The molecule has 1 fully saturated rings. The number of benzene rings is 1. The lowest BCUT2D eigenvalue weighted by Gasteiger charge is -2.22. The van der Waals surface area contributed by atoms with Crippen molar-refractivity contribution < 1.29 is 9.00 Å². The molecule has 1 amide bonds. The predicted molar refractivity (Wildman–Crippen MR) is 82.2 cm³/mol. The Morgan fingerprint density at radius 3 is 2.75 bits per heavy atom. The summed E-state index contributed by atoms with van der Waals surface area (Å²) in [6.07, 6.45) is 5.55. The molecule has 1 aliphatic rings. The van der Waals surface area contributed by atoms with Crippen LogP contribution in [0.5, 0.6) is 0 Å². The lowest BCUT2D eigenvalue weighted by molar-refractivity contribution is -0.119. The van der Waals surface area contributed by atoms with Gasteiger partial charge in [0.1, 0.15) is 5.75 Å². The zero-order chi connectivity index (χ0) is 14.5. The average molecular weight is 315 g/mol. The van der Waals surface area contributed by atoms with E-state index in [9.17, 15) is 9.00 Å². The number of hydrogen-bond donors (Lipinski definition) is 2. The molecule has 1 unspecified atom stereocenters. The van der Waals surface area contributed by atoms with E-state index < -0.39 is 10.8 Å². The van der Waals surface area contributed by atoms with E-state index in [1.807, 2.05) is 0 Å². The fraction of sp³-hybridized carbons (Fsp3) is 0.500. The van der Waals surface area contributed by atoms with Crippen molar-refractivity contribution in [2.24, 2.45) is 0 Å². The number of nitrogen functional groups attached to an aromatic ring is 1. The van der Waals surface area contributed by atoms with Crippen molar-refractivity contribution in [1.29, 1.82) is 0 Å². The summed E-state index contributed by atoms with van der Waals surface area (Å²) in [5, 5.41) is 3.33. The van der Waals surface area contributed by atoms with Gasteiger partial charge in [0.05, 0.1) is 20.7 Å². The third kappa shape index (κ3) is 4.21. The molecular weight excluding hydrogens is 296 g/mol. The van der Waals surface area contributed by atoms with Crippen LogP contribution < -0.4 is 11.1 Å². The van der Waals surface area contributed by atoms with E-state index in [-0.39, 0.29) is 17.7 Å². The van der Waals surface area contributed by atoms with Crippen molar-refractivity contribution in [2.45, 2.75) is 43.0 Å².